The number of piperidine rings is 1. The Bertz CT molecular complexity index is 612. The number of rotatable bonds is 7. The molecule has 0 radical (unpaired) electrons. The van der Waals surface area contributed by atoms with Crippen molar-refractivity contribution in [3.05, 3.63) is 54.0 Å². The molecule has 1 aromatic carbocycles. The number of hydrogen-bond donors (Lipinski definition) is 1. The van der Waals surface area contributed by atoms with Crippen molar-refractivity contribution in [3.63, 3.8) is 0 Å². The lowest BCUT2D eigenvalue weighted by Gasteiger charge is -2.34. The molecule has 0 amide bonds. The molecule has 24 heavy (non-hydrogen) atoms. The van der Waals surface area contributed by atoms with Gasteiger partial charge in [-0.25, -0.2) is 0 Å². The van der Waals surface area contributed by atoms with Crippen LogP contribution < -0.4 is 10.2 Å². The van der Waals surface area contributed by atoms with E-state index >= 15 is 0 Å². The van der Waals surface area contributed by atoms with Crippen LogP contribution in [0.25, 0.3) is 0 Å². The smallest absolute Gasteiger partial charge is 0.284 e. The normalized spacial score (nSPS) is 16.0. The van der Waals surface area contributed by atoms with Crippen LogP contribution in [0.4, 0.5) is 14.5 Å². The number of hydrogen-bond acceptors (Lipinski definition) is 4. The van der Waals surface area contributed by atoms with Crippen LogP contribution in [0.3, 0.4) is 0 Å². The van der Waals surface area contributed by atoms with Gasteiger partial charge in [0, 0.05) is 24.8 Å². The van der Waals surface area contributed by atoms with Crippen molar-refractivity contribution in [1.82, 2.24) is 5.32 Å². The number of benzene rings is 1. The predicted octanol–water partition coefficient (Wildman–Crippen LogP) is 4.49. The zero-order valence-corrected chi connectivity index (χ0v) is 14.3. The Morgan fingerprint density at radius 2 is 1.79 bits per heavy atom. The molecule has 1 saturated heterocycles. The second-order valence-corrected chi connectivity index (χ2v) is 6.90. The van der Waals surface area contributed by atoms with Crippen LogP contribution in [-0.4, -0.2) is 24.9 Å². The fourth-order valence-electron chi connectivity index (χ4n) is 2.97. The Kier molecular flexibility index (Phi) is 6.15. The highest BCUT2D eigenvalue weighted by atomic mass is 32.2. The second kappa shape index (κ2) is 8.53. The molecule has 0 spiro atoms. The summed E-state index contributed by atoms with van der Waals surface area (Å²) in [7, 11) is 0. The highest BCUT2D eigenvalue weighted by Gasteiger charge is 2.19. The number of halogens is 2. The minimum atomic E-state index is -2.36. The molecule has 3 rings (SSSR count). The Labute approximate surface area is 145 Å². The summed E-state index contributed by atoms with van der Waals surface area (Å²) in [4.78, 5) is 2.41. The van der Waals surface area contributed by atoms with Gasteiger partial charge in [-0.15, -0.1) is 0 Å². The van der Waals surface area contributed by atoms with E-state index in [1.165, 1.54) is 5.69 Å². The molecular weight excluding hydrogens is 330 g/mol. The molecule has 1 fully saturated rings. The van der Waals surface area contributed by atoms with Crippen LogP contribution in [0.15, 0.2) is 46.9 Å². The molecule has 130 valence electrons. The van der Waals surface area contributed by atoms with Crippen LogP contribution in [0.1, 0.15) is 24.4 Å². The van der Waals surface area contributed by atoms with Gasteiger partial charge < -0.3 is 14.6 Å². The van der Waals surface area contributed by atoms with Crippen molar-refractivity contribution < 1.29 is 13.2 Å². The van der Waals surface area contributed by atoms with Crippen molar-refractivity contribution in [3.8, 4) is 0 Å². The lowest BCUT2D eigenvalue weighted by atomic mass is 10.0. The zero-order chi connectivity index (χ0) is 16.8. The Morgan fingerprint density at radius 1 is 1.08 bits per heavy atom. The summed E-state index contributed by atoms with van der Waals surface area (Å²) >= 11 is 0.589. The first-order chi connectivity index (χ1) is 11.7. The standard InChI is InChI=1S/C18H22F2N2OS/c19-18(20)24-13-17-7-6-16(23-17)12-21-14-8-10-22(11-9-14)15-4-2-1-3-5-15/h1-7,14,18,21H,8-13H2. The monoisotopic (exact) mass is 352 g/mol. The largest absolute Gasteiger partial charge is 0.464 e. The first-order valence-electron chi connectivity index (χ1n) is 8.21. The SMILES string of the molecule is FC(F)SCc1ccc(CNC2CCN(c3ccccc3)CC2)o1. The van der Waals surface area contributed by atoms with Crippen LogP contribution in [0, 0.1) is 0 Å². The van der Waals surface area contributed by atoms with Crippen LogP contribution in [0.2, 0.25) is 0 Å². The van der Waals surface area contributed by atoms with E-state index < -0.39 is 5.76 Å². The third-order valence-corrected chi connectivity index (χ3v) is 4.95. The fourth-order valence-corrected chi connectivity index (χ4v) is 3.41. The highest BCUT2D eigenvalue weighted by Crippen LogP contribution is 2.22. The number of thioether (sulfide) groups is 1. The van der Waals surface area contributed by atoms with Gasteiger partial charge in [0.2, 0.25) is 0 Å². The van der Waals surface area contributed by atoms with E-state index in [0.717, 1.165) is 31.7 Å². The lowest BCUT2D eigenvalue weighted by molar-refractivity contribution is 0.251. The third-order valence-electron chi connectivity index (χ3n) is 4.25. The molecule has 0 saturated carbocycles. The van der Waals surface area contributed by atoms with E-state index in [1.54, 1.807) is 6.07 Å². The van der Waals surface area contributed by atoms with Crippen molar-refractivity contribution >= 4 is 17.4 Å². The molecule has 1 aliphatic rings. The minimum absolute atomic E-state index is 0.215. The lowest BCUT2D eigenvalue weighted by Crippen LogP contribution is -2.42. The van der Waals surface area contributed by atoms with Crippen molar-refractivity contribution in [1.29, 1.82) is 0 Å². The number of nitrogens with zero attached hydrogens (tertiary/aromatic N) is 1. The zero-order valence-electron chi connectivity index (χ0n) is 13.5. The topological polar surface area (TPSA) is 28.4 Å². The summed E-state index contributed by atoms with van der Waals surface area (Å²) in [5.41, 5.74) is 1.28. The molecule has 0 bridgehead atoms. The van der Waals surface area contributed by atoms with Gasteiger partial charge in [0.25, 0.3) is 5.76 Å². The average Bonchev–Trinajstić information content (AvgIpc) is 3.07. The van der Waals surface area contributed by atoms with Crippen molar-refractivity contribution in [2.45, 2.75) is 36.9 Å². The van der Waals surface area contributed by atoms with Gasteiger partial charge in [0.1, 0.15) is 11.5 Å². The molecule has 1 N–H and O–H groups in total. The van der Waals surface area contributed by atoms with E-state index in [-0.39, 0.29) is 5.75 Å². The molecule has 3 nitrogen and oxygen atoms in total. The van der Waals surface area contributed by atoms with E-state index in [9.17, 15) is 8.78 Å². The first-order valence-corrected chi connectivity index (χ1v) is 9.26. The number of anilines is 1. The maximum Gasteiger partial charge on any atom is 0.284 e. The average molecular weight is 352 g/mol. The molecule has 0 unspecified atom stereocenters. The summed E-state index contributed by atoms with van der Waals surface area (Å²) in [6.45, 7) is 2.72. The molecule has 1 aromatic heterocycles. The quantitative estimate of drug-likeness (QED) is 0.794. The van der Waals surface area contributed by atoms with Gasteiger partial charge in [0.05, 0.1) is 12.3 Å². The van der Waals surface area contributed by atoms with Crippen LogP contribution in [0.5, 0.6) is 0 Å². The second-order valence-electron chi connectivity index (χ2n) is 5.92. The number of para-hydroxylation sites is 1. The van der Waals surface area contributed by atoms with Gasteiger partial charge in [-0.2, -0.15) is 8.78 Å². The summed E-state index contributed by atoms with van der Waals surface area (Å²) in [6, 6.07) is 14.6. The Balaban J connectivity index is 1.40. The molecule has 0 aliphatic carbocycles. The number of furan rings is 1. The summed E-state index contributed by atoms with van der Waals surface area (Å²) < 4.78 is 29.9. The van der Waals surface area contributed by atoms with Crippen LogP contribution in [-0.2, 0) is 12.3 Å². The minimum Gasteiger partial charge on any atom is -0.464 e. The van der Waals surface area contributed by atoms with E-state index in [2.05, 4.69) is 34.5 Å². The maximum absolute atomic E-state index is 12.2. The molecule has 1 aliphatic heterocycles. The molecule has 2 heterocycles. The van der Waals surface area contributed by atoms with Gasteiger partial charge >= 0.3 is 0 Å². The first kappa shape index (κ1) is 17.3. The van der Waals surface area contributed by atoms with Crippen LogP contribution >= 0.6 is 11.8 Å². The Hall–Kier alpha value is -1.53. The summed E-state index contributed by atoms with van der Waals surface area (Å²) in [6.07, 6.45) is 2.17. The Morgan fingerprint density at radius 3 is 2.50 bits per heavy atom. The summed E-state index contributed by atoms with van der Waals surface area (Å²) in [5.74, 6) is -0.722. The summed E-state index contributed by atoms with van der Waals surface area (Å²) in [5, 5.41) is 3.51. The number of alkyl halides is 2. The van der Waals surface area contributed by atoms with Crippen molar-refractivity contribution in [2.75, 3.05) is 18.0 Å². The fraction of sp³-hybridized carbons (Fsp3) is 0.444. The van der Waals surface area contributed by atoms with E-state index in [0.29, 0.717) is 30.1 Å². The highest BCUT2D eigenvalue weighted by molar-refractivity contribution is 7.98. The van der Waals surface area contributed by atoms with Gasteiger partial charge in [-0.1, -0.05) is 30.0 Å². The van der Waals surface area contributed by atoms with Gasteiger partial charge in [0.15, 0.2) is 0 Å². The van der Waals surface area contributed by atoms with Gasteiger partial charge in [-0.05, 0) is 37.1 Å². The molecule has 0 atom stereocenters. The van der Waals surface area contributed by atoms with Crippen molar-refractivity contribution in [2.24, 2.45) is 0 Å². The molecule has 2 aromatic rings. The number of nitrogens with one attached hydrogen (secondary N) is 1. The predicted molar refractivity (Wildman–Crippen MR) is 94.5 cm³/mol. The molecular formula is C18H22F2N2OS. The maximum atomic E-state index is 12.2. The molecule has 6 heteroatoms. The van der Waals surface area contributed by atoms with E-state index in [1.807, 2.05) is 12.1 Å². The van der Waals surface area contributed by atoms with E-state index in [4.69, 9.17) is 4.42 Å². The third kappa shape index (κ3) is 4.98. The van der Waals surface area contributed by atoms with Gasteiger partial charge in [-0.3, -0.25) is 0 Å².